The van der Waals surface area contributed by atoms with Crippen molar-refractivity contribution >= 4 is 11.0 Å². The lowest BCUT2D eigenvalue weighted by Crippen LogP contribution is -2.12. The van der Waals surface area contributed by atoms with Gasteiger partial charge in [0, 0.05) is 42.3 Å². The van der Waals surface area contributed by atoms with E-state index in [0.717, 1.165) is 61.2 Å². The SMILES string of the molecule is Cn1c(-c2cncc(C(C)(C)C)c2O)nc2c(-c3cc(-c4ccccc4)cc(-c4cc(-c5ccccc5)ccn4)c3)cccc21. The first-order valence-electron chi connectivity index (χ1n) is 15.1. The van der Waals surface area contributed by atoms with Crippen LogP contribution >= 0.6 is 0 Å². The summed E-state index contributed by atoms with van der Waals surface area (Å²) in [6.45, 7) is 6.22. The lowest BCUT2D eigenvalue weighted by atomic mass is 9.86. The molecule has 7 aromatic rings. The number of aryl methyl sites for hydroxylation is 1. The smallest absolute Gasteiger partial charge is 0.146 e. The van der Waals surface area contributed by atoms with Gasteiger partial charge in [-0.3, -0.25) is 9.97 Å². The molecule has 3 heterocycles. The second kappa shape index (κ2) is 11.2. The molecule has 0 aliphatic carbocycles. The Morgan fingerprint density at radius 1 is 0.622 bits per heavy atom. The minimum absolute atomic E-state index is 0.218. The van der Waals surface area contributed by atoms with Crippen LogP contribution in [-0.2, 0) is 12.5 Å². The third-order valence-corrected chi connectivity index (χ3v) is 8.39. The number of hydrogen-bond acceptors (Lipinski definition) is 4. The minimum atomic E-state index is -0.261. The Bertz CT molecular complexity index is 2160. The number of aromatic hydroxyl groups is 1. The van der Waals surface area contributed by atoms with Gasteiger partial charge in [0.1, 0.15) is 11.6 Å². The molecule has 0 fully saturated rings. The van der Waals surface area contributed by atoms with E-state index in [1.54, 1.807) is 12.4 Å². The number of para-hydroxylation sites is 1. The van der Waals surface area contributed by atoms with Crippen molar-refractivity contribution in [3.05, 3.63) is 133 Å². The predicted octanol–water partition coefficient (Wildman–Crippen LogP) is 9.70. The van der Waals surface area contributed by atoms with E-state index in [1.165, 1.54) is 0 Å². The molecule has 45 heavy (non-hydrogen) atoms. The number of hydrogen-bond donors (Lipinski definition) is 1. The lowest BCUT2D eigenvalue weighted by Gasteiger charge is -2.21. The van der Waals surface area contributed by atoms with Crippen molar-refractivity contribution < 1.29 is 5.11 Å². The molecular formula is C40H34N4O. The number of nitrogens with zero attached hydrogens (tertiary/aromatic N) is 4. The van der Waals surface area contributed by atoms with Crippen molar-refractivity contribution in [1.82, 2.24) is 19.5 Å². The summed E-state index contributed by atoms with van der Waals surface area (Å²) in [7, 11) is 1.99. The summed E-state index contributed by atoms with van der Waals surface area (Å²) < 4.78 is 2.04. The highest BCUT2D eigenvalue weighted by Gasteiger charge is 2.24. The average Bonchev–Trinajstić information content (AvgIpc) is 3.41. The molecular weight excluding hydrogens is 552 g/mol. The molecule has 220 valence electrons. The summed E-state index contributed by atoms with van der Waals surface area (Å²) >= 11 is 0. The van der Waals surface area contributed by atoms with Gasteiger partial charge in [0.05, 0.1) is 22.3 Å². The van der Waals surface area contributed by atoms with Gasteiger partial charge in [-0.2, -0.15) is 0 Å². The maximum absolute atomic E-state index is 11.3. The number of fused-ring (bicyclic) bond motifs is 1. The summed E-state index contributed by atoms with van der Waals surface area (Å²) in [6, 6.07) is 37.9. The molecule has 0 aliphatic rings. The second-order valence-corrected chi connectivity index (χ2v) is 12.5. The first kappa shape index (κ1) is 28.2. The lowest BCUT2D eigenvalue weighted by molar-refractivity contribution is 0.446. The van der Waals surface area contributed by atoms with Crippen LogP contribution in [-0.4, -0.2) is 24.6 Å². The Morgan fingerprint density at radius 3 is 2.00 bits per heavy atom. The zero-order valence-electron chi connectivity index (χ0n) is 25.9. The predicted molar refractivity (Wildman–Crippen MR) is 184 cm³/mol. The fourth-order valence-corrected chi connectivity index (χ4v) is 5.98. The van der Waals surface area contributed by atoms with E-state index in [2.05, 4.69) is 123 Å². The first-order valence-corrected chi connectivity index (χ1v) is 15.1. The van der Waals surface area contributed by atoms with E-state index < -0.39 is 0 Å². The van der Waals surface area contributed by atoms with E-state index >= 15 is 0 Å². The normalized spacial score (nSPS) is 11.6. The highest BCUT2D eigenvalue weighted by Crippen LogP contribution is 2.40. The third kappa shape index (κ3) is 5.27. The Labute approximate surface area is 263 Å². The van der Waals surface area contributed by atoms with Crippen molar-refractivity contribution in [1.29, 1.82) is 0 Å². The number of aromatic nitrogens is 4. The van der Waals surface area contributed by atoms with E-state index in [0.29, 0.717) is 11.4 Å². The third-order valence-electron chi connectivity index (χ3n) is 8.39. The standard InChI is InChI=1S/C40H34N4O/c1-40(2,3)34-25-41-24-33(38(34)45)39-43-37-32(16-11-17-36(37)44(39)4)30-20-29(27-14-9-6-10-15-27)21-31(22-30)35-23-28(18-19-42-35)26-12-7-5-8-13-26/h5-25H,1-4H3,(H,41,45). The molecule has 7 rings (SSSR count). The highest BCUT2D eigenvalue weighted by molar-refractivity contribution is 5.96. The minimum Gasteiger partial charge on any atom is -0.507 e. The van der Waals surface area contributed by atoms with Crippen LogP contribution in [0.3, 0.4) is 0 Å². The zero-order valence-corrected chi connectivity index (χ0v) is 25.9. The van der Waals surface area contributed by atoms with E-state index in [9.17, 15) is 5.11 Å². The van der Waals surface area contributed by atoms with Crippen LogP contribution in [0.5, 0.6) is 5.75 Å². The molecule has 3 aromatic heterocycles. The first-order chi connectivity index (χ1) is 21.8. The number of pyridine rings is 2. The van der Waals surface area contributed by atoms with Gasteiger partial charge in [0.15, 0.2) is 0 Å². The van der Waals surface area contributed by atoms with Crippen molar-refractivity contribution in [2.45, 2.75) is 26.2 Å². The van der Waals surface area contributed by atoms with E-state index in [-0.39, 0.29) is 11.2 Å². The summed E-state index contributed by atoms with van der Waals surface area (Å²) in [5.41, 5.74) is 11.5. The molecule has 0 atom stereocenters. The van der Waals surface area contributed by atoms with Crippen molar-refractivity contribution in [2.75, 3.05) is 0 Å². The second-order valence-electron chi connectivity index (χ2n) is 12.5. The van der Waals surface area contributed by atoms with Crippen molar-refractivity contribution in [3.63, 3.8) is 0 Å². The molecule has 5 nitrogen and oxygen atoms in total. The molecule has 0 unspecified atom stereocenters. The monoisotopic (exact) mass is 586 g/mol. The largest absolute Gasteiger partial charge is 0.507 e. The molecule has 0 amide bonds. The topological polar surface area (TPSA) is 63.8 Å². The van der Waals surface area contributed by atoms with Crippen LogP contribution in [0.1, 0.15) is 26.3 Å². The van der Waals surface area contributed by atoms with Gasteiger partial charge in [-0.25, -0.2) is 4.98 Å². The summed E-state index contributed by atoms with van der Waals surface area (Å²) in [4.78, 5) is 14.4. The number of benzene rings is 4. The number of imidazole rings is 1. The quantitative estimate of drug-likeness (QED) is 0.218. The molecule has 0 saturated heterocycles. The van der Waals surface area contributed by atoms with Crippen molar-refractivity contribution in [2.24, 2.45) is 7.05 Å². The molecule has 0 spiro atoms. The van der Waals surface area contributed by atoms with Crippen molar-refractivity contribution in [3.8, 4) is 61.8 Å². The number of rotatable bonds is 5. The zero-order chi connectivity index (χ0) is 31.1. The maximum Gasteiger partial charge on any atom is 0.146 e. The molecule has 0 aliphatic heterocycles. The fourth-order valence-electron chi connectivity index (χ4n) is 5.98. The molecule has 0 radical (unpaired) electrons. The van der Waals surface area contributed by atoms with E-state index in [1.807, 2.05) is 29.9 Å². The average molecular weight is 587 g/mol. The molecule has 0 bridgehead atoms. The summed E-state index contributed by atoms with van der Waals surface area (Å²) in [5.74, 6) is 0.889. The molecule has 1 N–H and O–H groups in total. The van der Waals surface area contributed by atoms with Gasteiger partial charge < -0.3 is 9.67 Å². The van der Waals surface area contributed by atoms with Crippen LogP contribution in [0.15, 0.2) is 128 Å². The Morgan fingerprint density at radius 2 is 1.29 bits per heavy atom. The highest BCUT2D eigenvalue weighted by atomic mass is 16.3. The van der Waals surface area contributed by atoms with Crippen LogP contribution in [0.25, 0.3) is 67.1 Å². The van der Waals surface area contributed by atoms with Crippen LogP contribution in [0.2, 0.25) is 0 Å². The molecule has 4 aromatic carbocycles. The van der Waals surface area contributed by atoms with Gasteiger partial charge in [0.25, 0.3) is 0 Å². The Balaban J connectivity index is 1.42. The van der Waals surface area contributed by atoms with Gasteiger partial charge >= 0.3 is 0 Å². The van der Waals surface area contributed by atoms with Gasteiger partial charge in [-0.15, -0.1) is 0 Å². The van der Waals surface area contributed by atoms with Crippen LogP contribution in [0.4, 0.5) is 0 Å². The van der Waals surface area contributed by atoms with Gasteiger partial charge in [0.2, 0.25) is 0 Å². The van der Waals surface area contributed by atoms with Crippen LogP contribution in [0, 0.1) is 0 Å². The Hall–Kier alpha value is -5.55. The maximum atomic E-state index is 11.3. The molecule has 5 heteroatoms. The fraction of sp³-hybridized carbons (Fsp3) is 0.125. The Kier molecular flexibility index (Phi) is 7.01. The van der Waals surface area contributed by atoms with Gasteiger partial charge in [-0.1, -0.05) is 93.6 Å². The van der Waals surface area contributed by atoms with E-state index in [4.69, 9.17) is 9.97 Å². The van der Waals surface area contributed by atoms with Crippen LogP contribution < -0.4 is 0 Å². The summed E-state index contributed by atoms with van der Waals surface area (Å²) in [5, 5.41) is 11.3. The molecule has 0 saturated carbocycles. The summed E-state index contributed by atoms with van der Waals surface area (Å²) in [6.07, 6.45) is 5.32. The van der Waals surface area contributed by atoms with Gasteiger partial charge in [-0.05, 0) is 69.6 Å².